The predicted octanol–water partition coefficient (Wildman–Crippen LogP) is 0.404. The number of halogens is 1. The molecule has 5 heteroatoms. The van der Waals surface area contributed by atoms with Crippen molar-refractivity contribution in [1.29, 1.82) is 0 Å². The molecule has 0 rings (SSSR count). The first-order valence-electron chi connectivity index (χ1n) is 3.43. The van der Waals surface area contributed by atoms with E-state index in [0.717, 1.165) is 5.33 Å². The number of hydrogen-bond acceptors (Lipinski definition) is 3. The highest BCUT2D eigenvalue weighted by Crippen LogP contribution is 1.88. The van der Waals surface area contributed by atoms with Gasteiger partial charge in [0.05, 0.1) is 5.75 Å². The Morgan fingerprint density at radius 3 is 2.45 bits per heavy atom. The topological polar surface area (TPSA) is 46.2 Å². The largest absolute Gasteiger partial charge is 0.312 e. The molecule has 0 fully saturated rings. The molecule has 0 saturated carbocycles. The van der Waals surface area contributed by atoms with Crippen LogP contribution in [0.1, 0.15) is 6.92 Å². The summed E-state index contributed by atoms with van der Waals surface area (Å²) in [5.74, 6) is 0.213. The summed E-state index contributed by atoms with van der Waals surface area (Å²) in [6, 6.07) is 0.330. The molecule has 1 unspecified atom stereocenters. The molecule has 0 radical (unpaired) electrons. The Morgan fingerprint density at radius 2 is 2.09 bits per heavy atom. The highest BCUT2D eigenvalue weighted by Gasteiger charge is 2.02. The van der Waals surface area contributed by atoms with Crippen LogP contribution in [0.3, 0.4) is 0 Å². The highest BCUT2D eigenvalue weighted by atomic mass is 79.9. The fraction of sp³-hybridized carbons (Fsp3) is 1.00. The van der Waals surface area contributed by atoms with Gasteiger partial charge in [0.1, 0.15) is 9.84 Å². The summed E-state index contributed by atoms with van der Waals surface area (Å²) in [6.45, 7) is 2.53. The number of alkyl halides is 1. The van der Waals surface area contributed by atoms with Gasteiger partial charge < -0.3 is 5.32 Å². The Bertz CT molecular complexity index is 191. The standard InChI is InChI=1S/C6H14BrNO2S/c1-6(5-7)8-3-4-11(2,9)10/h6,8H,3-5H2,1-2H3. The molecule has 0 aromatic rings. The molecule has 0 aliphatic heterocycles. The second kappa shape index (κ2) is 5.11. The molecule has 0 aliphatic rings. The number of rotatable bonds is 5. The molecule has 1 atom stereocenters. The van der Waals surface area contributed by atoms with Crippen LogP contribution >= 0.6 is 15.9 Å². The van der Waals surface area contributed by atoms with Gasteiger partial charge in [-0.1, -0.05) is 15.9 Å². The Labute approximate surface area is 76.6 Å². The van der Waals surface area contributed by atoms with Crippen LogP contribution in [0.2, 0.25) is 0 Å². The van der Waals surface area contributed by atoms with Crippen molar-refractivity contribution in [1.82, 2.24) is 5.32 Å². The monoisotopic (exact) mass is 243 g/mol. The minimum Gasteiger partial charge on any atom is -0.312 e. The first kappa shape index (κ1) is 11.4. The summed E-state index contributed by atoms with van der Waals surface area (Å²) in [7, 11) is -2.81. The fourth-order valence-electron chi connectivity index (χ4n) is 0.545. The van der Waals surface area contributed by atoms with E-state index in [1.807, 2.05) is 6.92 Å². The van der Waals surface area contributed by atoms with Crippen molar-refractivity contribution < 1.29 is 8.42 Å². The molecule has 68 valence electrons. The third kappa shape index (κ3) is 8.29. The number of sulfone groups is 1. The van der Waals surface area contributed by atoms with Gasteiger partial charge in [0.15, 0.2) is 0 Å². The number of hydrogen-bond donors (Lipinski definition) is 1. The summed E-state index contributed by atoms with van der Waals surface area (Å²) in [5.41, 5.74) is 0. The zero-order chi connectivity index (χ0) is 8.91. The van der Waals surface area contributed by atoms with Crippen molar-refractivity contribution in [3.8, 4) is 0 Å². The van der Waals surface area contributed by atoms with E-state index in [0.29, 0.717) is 12.6 Å². The van der Waals surface area contributed by atoms with Crippen LogP contribution in [0, 0.1) is 0 Å². The third-order valence-corrected chi connectivity index (χ3v) is 3.11. The quantitative estimate of drug-likeness (QED) is 0.712. The van der Waals surface area contributed by atoms with E-state index in [4.69, 9.17) is 0 Å². The molecular formula is C6H14BrNO2S. The van der Waals surface area contributed by atoms with E-state index >= 15 is 0 Å². The van der Waals surface area contributed by atoms with E-state index < -0.39 is 9.84 Å². The zero-order valence-electron chi connectivity index (χ0n) is 6.80. The maximum atomic E-state index is 10.6. The SMILES string of the molecule is CC(CBr)NCCS(C)(=O)=O. The first-order chi connectivity index (χ1) is 4.95. The Hall–Kier alpha value is 0.390. The average molecular weight is 244 g/mol. The van der Waals surface area contributed by atoms with Gasteiger partial charge in [-0.05, 0) is 6.92 Å². The molecule has 0 aliphatic carbocycles. The van der Waals surface area contributed by atoms with E-state index in [1.54, 1.807) is 0 Å². The second-order valence-electron chi connectivity index (χ2n) is 2.64. The van der Waals surface area contributed by atoms with Crippen LogP contribution in [0.5, 0.6) is 0 Å². The van der Waals surface area contributed by atoms with Crippen LogP contribution in [-0.4, -0.2) is 38.3 Å². The fourth-order valence-corrected chi connectivity index (χ4v) is 1.26. The van der Waals surface area contributed by atoms with E-state index in [2.05, 4.69) is 21.2 Å². The molecule has 11 heavy (non-hydrogen) atoms. The number of nitrogens with one attached hydrogen (secondary N) is 1. The molecule has 0 amide bonds. The predicted molar refractivity (Wildman–Crippen MR) is 51.0 cm³/mol. The lowest BCUT2D eigenvalue weighted by Crippen LogP contribution is -2.31. The van der Waals surface area contributed by atoms with Crippen LogP contribution < -0.4 is 5.32 Å². The first-order valence-corrected chi connectivity index (χ1v) is 6.61. The smallest absolute Gasteiger partial charge is 0.148 e. The minimum absolute atomic E-state index is 0.213. The lowest BCUT2D eigenvalue weighted by Gasteiger charge is -2.08. The van der Waals surface area contributed by atoms with Crippen LogP contribution in [0.15, 0.2) is 0 Å². The Morgan fingerprint density at radius 1 is 1.55 bits per heavy atom. The van der Waals surface area contributed by atoms with Gasteiger partial charge >= 0.3 is 0 Å². The van der Waals surface area contributed by atoms with Crippen molar-refractivity contribution >= 4 is 25.8 Å². The van der Waals surface area contributed by atoms with Gasteiger partial charge in [-0.3, -0.25) is 0 Å². The maximum absolute atomic E-state index is 10.6. The van der Waals surface area contributed by atoms with Crippen molar-refractivity contribution in [3.63, 3.8) is 0 Å². The van der Waals surface area contributed by atoms with Crippen LogP contribution in [0.4, 0.5) is 0 Å². The molecule has 0 spiro atoms. The van der Waals surface area contributed by atoms with Crippen molar-refractivity contribution in [2.45, 2.75) is 13.0 Å². The molecular weight excluding hydrogens is 230 g/mol. The van der Waals surface area contributed by atoms with Crippen molar-refractivity contribution in [3.05, 3.63) is 0 Å². The summed E-state index contributed by atoms with van der Waals surface area (Å²) in [4.78, 5) is 0. The van der Waals surface area contributed by atoms with Gasteiger partial charge in [-0.25, -0.2) is 8.42 Å². The summed E-state index contributed by atoms with van der Waals surface area (Å²) in [6.07, 6.45) is 1.24. The van der Waals surface area contributed by atoms with Gasteiger partial charge in [-0.15, -0.1) is 0 Å². The second-order valence-corrected chi connectivity index (χ2v) is 5.55. The maximum Gasteiger partial charge on any atom is 0.148 e. The zero-order valence-corrected chi connectivity index (χ0v) is 9.20. The van der Waals surface area contributed by atoms with Crippen LogP contribution in [0.25, 0.3) is 0 Å². The lowest BCUT2D eigenvalue weighted by atomic mass is 10.4. The van der Waals surface area contributed by atoms with E-state index in [1.165, 1.54) is 6.26 Å². The molecule has 0 heterocycles. The van der Waals surface area contributed by atoms with Gasteiger partial charge in [0.25, 0.3) is 0 Å². The highest BCUT2D eigenvalue weighted by molar-refractivity contribution is 9.09. The van der Waals surface area contributed by atoms with Crippen LogP contribution in [-0.2, 0) is 9.84 Å². The minimum atomic E-state index is -2.81. The van der Waals surface area contributed by atoms with E-state index in [-0.39, 0.29) is 5.75 Å². The summed E-state index contributed by atoms with van der Waals surface area (Å²) in [5, 5.41) is 3.91. The molecule has 3 nitrogen and oxygen atoms in total. The van der Waals surface area contributed by atoms with Crippen molar-refractivity contribution in [2.75, 3.05) is 23.9 Å². The van der Waals surface area contributed by atoms with Crippen molar-refractivity contribution in [2.24, 2.45) is 0 Å². The van der Waals surface area contributed by atoms with Gasteiger partial charge in [-0.2, -0.15) is 0 Å². The molecule has 0 saturated heterocycles. The lowest BCUT2D eigenvalue weighted by molar-refractivity contribution is 0.585. The Balaban J connectivity index is 3.43. The average Bonchev–Trinajstić information content (AvgIpc) is 1.85. The summed E-state index contributed by atoms with van der Waals surface area (Å²) >= 11 is 3.28. The van der Waals surface area contributed by atoms with E-state index in [9.17, 15) is 8.42 Å². The van der Waals surface area contributed by atoms with Gasteiger partial charge in [0.2, 0.25) is 0 Å². The third-order valence-electron chi connectivity index (χ3n) is 1.20. The molecule has 1 N–H and O–H groups in total. The normalized spacial score (nSPS) is 14.8. The molecule has 0 bridgehead atoms. The molecule has 0 aromatic heterocycles. The Kier molecular flexibility index (Phi) is 5.29. The van der Waals surface area contributed by atoms with Gasteiger partial charge in [0, 0.05) is 24.2 Å². The molecule has 0 aromatic carbocycles. The summed E-state index contributed by atoms with van der Waals surface area (Å²) < 4.78 is 21.3.